The van der Waals surface area contributed by atoms with Crippen LogP contribution >= 0.6 is 0 Å². The number of hydrogen-bond acceptors (Lipinski definition) is 3. The lowest BCUT2D eigenvalue weighted by Gasteiger charge is -2.09. The zero-order valence-electron chi connectivity index (χ0n) is 10.3. The summed E-state index contributed by atoms with van der Waals surface area (Å²) in [6.45, 7) is 3.87. The first-order valence-corrected chi connectivity index (χ1v) is 5.70. The normalized spacial score (nSPS) is 11.9. The van der Waals surface area contributed by atoms with Crippen molar-refractivity contribution in [2.75, 3.05) is 11.9 Å². The van der Waals surface area contributed by atoms with Gasteiger partial charge in [0.2, 0.25) is 0 Å². The summed E-state index contributed by atoms with van der Waals surface area (Å²) in [5.41, 5.74) is -0.313. The van der Waals surface area contributed by atoms with E-state index in [1.54, 1.807) is 0 Å². The lowest BCUT2D eigenvalue weighted by atomic mass is 10.2. The van der Waals surface area contributed by atoms with Gasteiger partial charge in [-0.1, -0.05) is 13.8 Å². The van der Waals surface area contributed by atoms with Crippen LogP contribution in [0.1, 0.15) is 38.4 Å². The summed E-state index contributed by atoms with van der Waals surface area (Å²) in [6.07, 6.45) is -5.04. The van der Waals surface area contributed by atoms with Crippen molar-refractivity contribution >= 4 is 5.82 Å². The van der Waals surface area contributed by atoms with Crippen LogP contribution < -0.4 is 10.9 Å². The Morgan fingerprint density at radius 3 is 2.67 bits per heavy atom. The van der Waals surface area contributed by atoms with Gasteiger partial charge >= 0.3 is 6.18 Å². The molecule has 0 aromatic carbocycles. The van der Waals surface area contributed by atoms with Crippen LogP contribution in [0, 0.1) is 0 Å². The van der Waals surface area contributed by atoms with E-state index in [9.17, 15) is 18.0 Å². The monoisotopic (exact) mass is 263 g/mol. The number of aromatic amines is 1. The van der Waals surface area contributed by atoms with Crippen molar-refractivity contribution in [3.8, 4) is 0 Å². The molecule has 0 fully saturated rings. The molecule has 18 heavy (non-hydrogen) atoms. The van der Waals surface area contributed by atoms with Gasteiger partial charge < -0.3 is 10.3 Å². The molecule has 4 nitrogen and oxygen atoms in total. The van der Waals surface area contributed by atoms with Crippen LogP contribution in [0.5, 0.6) is 0 Å². The Labute approximate surface area is 103 Å². The summed E-state index contributed by atoms with van der Waals surface area (Å²) in [4.78, 5) is 18.0. The van der Waals surface area contributed by atoms with Crippen LogP contribution in [0.15, 0.2) is 10.9 Å². The molecule has 0 amide bonds. The van der Waals surface area contributed by atoms with E-state index in [0.717, 1.165) is 0 Å². The molecule has 0 atom stereocenters. The fraction of sp³-hybridized carbons (Fsp3) is 0.636. The molecule has 1 aromatic rings. The molecule has 0 saturated carbocycles. The highest BCUT2D eigenvalue weighted by Crippen LogP contribution is 2.21. The fourth-order valence-corrected chi connectivity index (χ4v) is 1.35. The Morgan fingerprint density at radius 2 is 2.11 bits per heavy atom. The third kappa shape index (κ3) is 5.20. The van der Waals surface area contributed by atoms with Crippen LogP contribution in [0.25, 0.3) is 0 Å². The number of nitrogens with one attached hydrogen (secondary N) is 2. The molecule has 0 unspecified atom stereocenters. The van der Waals surface area contributed by atoms with Crippen molar-refractivity contribution in [1.29, 1.82) is 0 Å². The maximum Gasteiger partial charge on any atom is 0.389 e. The third-order valence-corrected chi connectivity index (χ3v) is 2.25. The summed E-state index contributed by atoms with van der Waals surface area (Å²) in [5, 5.41) is 2.72. The predicted molar refractivity (Wildman–Crippen MR) is 62.7 cm³/mol. The minimum absolute atomic E-state index is 0.0466. The highest BCUT2D eigenvalue weighted by molar-refractivity contribution is 5.33. The summed E-state index contributed by atoms with van der Waals surface area (Å²) in [6, 6.07) is 1.24. The maximum atomic E-state index is 11.9. The van der Waals surface area contributed by atoms with Gasteiger partial charge in [0.25, 0.3) is 5.56 Å². The van der Waals surface area contributed by atoms with Gasteiger partial charge in [0.1, 0.15) is 11.6 Å². The second-order valence-electron chi connectivity index (χ2n) is 4.32. The fourth-order valence-electron chi connectivity index (χ4n) is 1.35. The second kappa shape index (κ2) is 5.88. The summed E-state index contributed by atoms with van der Waals surface area (Å²) in [5.74, 6) is 0.875. The number of alkyl halides is 3. The van der Waals surface area contributed by atoms with Gasteiger partial charge in [0.15, 0.2) is 0 Å². The highest BCUT2D eigenvalue weighted by atomic mass is 19.4. The Kier molecular flexibility index (Phi) is 4.75. The molecule has 0 aliphatic carbocycles. The van der Waals surface area contributed by atoms with Gasteiger partial charge in [-0.2, -0.15) is 13.2 Å². The van der Waals surface area contributed by atoms with Crippen LogP contribution in [-0.4, -0.2) is 22.7 Å². The maximum absolute atomic E-state index is 11.9. The lowest BCUT2D eigenvalue weighted by Crippen LogP contribution is -2.16. The van der Waals surface area contributed by atoms with Gasteiger partial charge in [-0.25, -0.2) is 4.98 Å². The SMILES string of the molecule is CC(C)c1nc(NCCCC(F)(F)F)cc(=O)[nH]1. The van der Waals surface area contributed by atoms with Crippen molar-refractivity contribution in [3.05, 3.63) is 22.2 Å². The summed E-state index contributed by atoms with van der Waals surface area (Å²) in [7, 11) is 0. The Balaban J connectivity index is 2.55. The van der Waals surface area contributed by atoms with Crippen molar-refractivity contribution in [2.45, 2.75) is 38.8 Å². The molecule has 0 spiro atoms. The zero-order valence-corrected chi connectivity index (χ0v) is 10.3. The van der Waals surface area contributed by atoms with E-state index in [2.05, 4.69) is 15.3 Å². The Hall–Kier alpha value is -1.53. The van der Waals surface area contributed by atoms with Gasteiger partial charge in [-0.15, -0.1) is 0 Å². The van der Waals surface area contributed by atoms with Gasteiger partial charge in [0.05, 0.1) is 0 Å². The second-order valence-corrected chi connectivity index (χ2v) is 4.32. The van der Waals surface area contributed by atoms with Crippen LogP contribution in [-0.2, 0) is 0 Å². The number of nitrogens with zero attached hydrogens (tertiary/aromatic N) is 1. The quantitative estimate of drug-likeness (QED) is 0.803. The van der Waals surface area contributed by atoms with Crippen molar-refractivity contribution in [2.24, 2.45) is 0 Å². The molecule has 0 aliphatic heterocycles. The molecular formula is C11H16F3N3O. The molecule has 0 radical (unpaired) electrons. The molecule has 0 aliphatic rings. The molecule has 0 bridgehead atoms. The van der Waals surface area contributed by atoms with Gasteiger partial charge in [0, 0.05) is 24.9 Å². The van der Waals surface area contributed by atoms with Crippen molar-refractivity contribution < 1.29 is 13.2 Å². The zero-order chi connectivity index (χ0) is 13.8. The molecule has 1 rings (SSSR count). The number of halogens is 3. The topological polar surface area (TPSA) is 57.8 Å². The summed E-state index contributed by atoms with van der Waals surface area (Å²) >= 11 is 0. The number of H-pyrrole nitrogens is 1. The Bertz CT molecular complexity index is 440. The average molecular weight is 263 g/mol. The van der Waals surface area contributed by atoms with E-state index in [1.165, 1.54) is 6.07 Å². The van der Waals surface area contributed by atoms with E-state index in [1.807, 2.05) is 13.8 Å². The third-order valence-electron chi connectivity index (χ3n) is 2.25. The molecule has 1 heterocycles. The standard InChI is InChI=1S/C11H16F3N3O/c1-7(2)10-16-8(6-9(18)17-10)15-5-3-4-11(12,13)14/h6-7H,3-5H2,1-2H3,(H2,15,16,17,18). The first-order chi connectivity index (χ1) is 8.28. The number of anilines is 1. The largest absolute Gasteiger partial charge is 0.389 e. The number of hydrogen-bond donors (Lipinski definition) is 2. The first kappa shape index (κ1) is 14.5. The average Bonchev–Trinajstić information content (AvgIpc) is 2.22. The minimum atomic E-state index is -4.15. The highest BCUT2D eigenvalue weighted by Gasteiger charge is 2.25. The number of aromatic nitrogens is 2. The van der Waals surface area contributed by atoms with Gasteiger partial charge in [-0.3, -0.25) is 4.79 Å². The molecule has 2 N–H and O–H groups in total. The predicted octanol–water partition coefficient (Wildman–Crippen LogP) is 2.65. The molecule has 1 aromatic heterocycles. The number of rotatable bonds is 5. The smallest absolute Gasteiger partial charge is 0.370 e. The van der Waals surface area contributed by atoms with Crippen LogP contribution in [0.2, 0.25) is 0 Å². The molecule has 7 heteroatoms. The van der Waals surface area contributed by atoms with E-state index in [4.69, 9.17) is 0 Å². The molecule has 102 valence electrons. The molecular weight excluding hydrogens is 247 g/mol. The van der Waals surface area contributed by atoms with Crippen molar-refractivity contribution in [1.82, 2.24) is 9.97 Å². The lowest BCUT2D eigenvalue weighted by molar-refractivity contribution is -0.134. The van der Waals surface area contributed by atoms with Crippen LogP contribution in [0.4, 0.5) is 19.0 Å². The first-order valence-electron chi connectivity index (χ1n) is 5.70. The van der Waals surface area contributed by atoms with Crippen molar-refractivity contribution in [3.63, 3.8) is 0 Å². The van der Waals surface area contributed by atoms with Crippen LogP contribution in [0.3, 0.4) is 0 Å². The van der Waals surface area contributed by atoms with E-state index >= 15 is 0 Å². The Morgan fingerprint density at radius 1 is 1.44 bits per heavy atom. The minimum Gasteiger partial charge on any atom is -0.370 e. The van der Waals surface area contributed by atoms with E-state index in [-0.39, 0.29) is 24.4 Å². The van der Waals surface area contributed by atoms with E-state index in [0.29, 0.717) is 11.6 Å². The summed E-state index contributed by atoms with van der Waals surface area (Å²) < 4.78 is 35.8. The van der Waals surface area contributed by atoms with E-state index < -0.39 is 12.6 Å². The van der Waals surface area contributed by atoms with Gasteiger partial charge in [-0.05, 0) is 6.42 Å². The molecule has 0 saturated heterocycles.